The summed E-state index contributed by atoms with van der Waals surface area (Å²) in [5.41, 5.74) is 0.664. The van der Waals surface area contributed by atoms with Crippen LogP contribution in [0.15, 0.2) is 36.4 Å². The van der Waals surface area contributed by atoms with E-state index in [1.165, 1.54) is 4.90 Å². The van der Waals surface area contributed by atoms with Crippen LogP contribution in [-0.2, 0) is 9.59 Å². The average molecular weight is 311 g/mol. The van der Waals surface area contributed by atoms with Crippen LogP contribution in [0.25, 0.3) is 0 Å². The largest absolute Gasteiger partial charge is 0.494 e. The van der Waals surface area contributed by atoms with E-state index < -0.39 is 0 Å². The Bertz CT molecular complexity index is 634. The monoisotopic (exact) mass is 311 g/mol. The first-order chi connectivity index (χ1) is 11.2. The topological polar surface area (TPSA) is 46.6 Å². The number of fused-ring (bicyclic) bond motifs is 5. The fraction of sp³-hybridized carbons (Fsp3) is 0.474. The third kappa shape index (κ3) is 2.19. The summed E-state index contributed by atoms with van der Waals surface area (Å²) in [5.74, 6) is 0.943. The number of carbonyl (C=O) groups is 2. The second-order valence-corrected chi connectivity index (χ2v) is 6.71. The van der Waals surface area contributed by atoms with Crippen LogP contribution >= 0.6 is 0 Å². The molecule has 23 heavy (non-hydrogen) atoms. The lowest BCUT2D eigenvalue weighted by molar-refractivity contribution is -0.123. The molecule has 1 saturated heterocycles. The molecular formula is C19H21NO3. The van der Waals surface area contributed by atoms with Crippen molar-refractivity contribution < 1.29 is 14.3 Å². The van der Waals surface area contributed by atoms with Gasteiger partial charge in [-0.3, -0.25) is 14.5 Å². The van der Waals surface area contributed by atoms with E-state index in [0.29, 0.717) is 12.3 Å². The lowest BCUT2D eigenvalue weighted by Crippen LogP contribution is -2.32. The predicted octanol–water partition coefficient (Wildman–Crippen LogP) is 3.18. The second-order valence-electron chi connectivity index (χ2n) is 6.71. The highest BCUT2D eigenvalue weighted by atomic mass is 16.5. The number of hydrogen-bond donors (Lipinski definition) is 0. The summed E-state index contributed by atoms with van der Waals surface area (Å²) in [6, 6.07) is 7.31. The molecule has 4 nitrogen and oxygen atoms in total. The molecule has 2 fully saturated rings. The van der Waals surface area contributed by atoms with Crippen LogP contribution in [0.4, 0.5) is 5.69 Å². The van der Waals surface area contributed by atoms with E-state index in [4.69, 9.17) is 4.74 Å². The Hall–Kier alpha value is -2.10. The predicted molar refractivity (Wildman–Crippen MR) is 87.1 cm³/mol. The highest BCUT2D eigenvalue weighted by Gasteiger charge is 2.59. The molecular weight excluding hydrogens is 290 g/mol. The van der Waals surface area contributed by atoms with Crippen molar-refractivity contribution in [3.63, 3.8) is 0 Å². The lowest BCUT2D eigenvalue weighted by atomic mass is 9.85. The van der Waals surface area contributed by atoms with Crippen LogP contribution in [0.3, 0.4) is 0 Å². The molecule has 1 saturated carbocycles. The van der Waals surface area contributed by atoms with Gasteiger partial charge in [-0.05, 0) is 48.9 Å². The lowest BCUT2D eigenvalue weighted by Gasteiger charge is -2.17. The molecule has 1 heterocycles. The van der Waals surface area contributed by atoms with Crippen molar-refractivity contribution in [1.82, 2.24) is 0 Å². The third-order valence-electron chi connectivity index (χ3n) is 5.33. The zero-order valence-electron chi connectivity index (χ0n) is 13.3. The average Bonchev–Trinajstić information content (AvgIpc) is 3.23. The number of rotatable bonds is 5. The van der Waals surface area contributed by atoms with E-state index >= 15 is 0 Å². The quantitative estimate of drug-likeness (QED) is 0.477. The molecule has 0 N–H and O–H groups in total. The SMILES string of the molecule is CCCCOc1ccc(N2C(=O)C3C4C=CC(C4)C3C2=O)cc1. The van der Waals surface area contributed by atoms with Gasteiger partial charge in [-0.15, -0.1) is 0 Å². The van der Waals surface area contributed by atoms with Gasteiger partial charge >= 0.3 is 0 Å². The molecule has 4 atom stereocenters. The Balaban J connectivity index is 1.52. The number of nitrogens with zero attached hydrogens (tertiary/aromatic N) is 1. The van der Waals surface area contributed by atoms with Crippen LogP contribution in [0.2, 0.25) is 0 Å². The minimum Gasteiger partial charge on any atom is -0.494 e. The first kappa shape index (κ1) is 14.5. The number of allylic oxidation sites excluding steroid dienone is 2. The molecule has 1 aromatic rings. The minimum atomic E-state index is -0.141. The molecule has 3 aliphatic rings. The van der Waals surface area contributed by atoms with E-state index in [-0.39, 0.29) is 35.5 Å². The van der Waals surface area contributed by atoms with Gasteiger partial charge in [0.15, 0.2) is 0 Å². The van der Waals surface area contributed by atoms with Gasteiger partial charge in [0.25, 0.3) is 0 Å². The van der Waals surface area contributed by atoms with Crippen LogP contribution in [0.5, 0.6) is 5.75 Å². The number of unbranched alkanes of at least 4 members (excludes halogenated alkanes) is 1. The van der Waals surface area contributed by atoms with Crippen molar-refractivity contribution in [1.29, 1.82) is 0 Å². The van der Waals surface area contributed by atoms with Crippen molar-refractivity contribution in [2.24, 2.45) is 23.7 Å². The maximum absolute atomic E-state index is 12.7. The second kappa shape index (κ2) is 5.52. The van der Waals surface area contributed by atoms with Gasteiger partial charge in [-0.1, -0.05) is 25.5 Å². The van der Waals surface area contributed by atoms with E-state index in [9.17, 15) is 9.59 Å². The summed E-state index contributed by atoms with van der Waals surface area (Å²) in [7, 11) is 0. The number of imide groups is 1. The van der Waals surface area contributed by atoms with E-state index in [1.54, 1.807) is 0 Å². The smallest absolute Gasteiger partial charge is 0.238 e. The highest BCUT2D eigenvalue weighted by Crippen LogP contribution is 2.53. The van der Waals surface area contributed by atoms with Crippen molar-refractivity contribution in [3.05, 3.63) is 36.4 Å². The molecule has 4 heteroatoms. The van der Waals surface area contributed by atoms with E-state index in [0.717, 1.165) is 25.0 Å². The fourth-order valence-electron chi connectivity index (χ4n) is 4.18. The van der Waals surface area contributed by atoms with Crippen LogP contribution in [-0.4, -0.2) is 18.4 Å². The standard InChI is InChI=1S/C19H21NO3/c1-2-3-10-23-15-8-6-14(7-9-15)20-18(21)16-12-4-5-13(11-12)17(16)19(20)22/h4-9,12-13,16-17H,2-3,10-11H2,1H3. The summed E-state index contributed by atoms with van der Waals surface area (Å²) in [6.07, 6.45) is 7.30. The molecule has 2 bridgehead atoms. The molecule has 4 rings (SSSR count). The summed E-state index contributed by atoms with van der Waals surface area (Å²) in [6.45, 7) is 2.81. The number of carbonyl (C=O) groups excluding carboxylic acids is 2. The van der Waals surface area contributed by atoms with Crippen molar-refractivity contribution in [2.45, 2.75) is 26.2 Å². The first-order valence-electron chi connectivity index (χ1n) is 8.49. The van der Waals surface area contributed by atoms with E-state index in [1.807, 2.05) is 24.3 Å². The Morgan fingerprint density at radius 1 is 1.04 bits per heavy atom. The zero-order valence-corrected chi connectivity index (χ0v) is 13.3. The summed E-state index contributed by atoms with van der Waals surface area (Å²) >= 11 is 0. The highest BCUT2D eigenvalue weighted by molar-refractivity contribution is 6.22. The molecule has 0 radical (unpaired) electrons. The van der Waals surface area contributed by atoms with Gasteiger partial charge in [-0.2, -0.15) is 0 Å². The van der Waals surface area contributed by atoms with Crippen molar-refractivity contribution in [3.8, 4) is 5.75 Å². The maximum atomic E-state index is 12.7. The van der Waals surface area contributed by atoms with Gasteiger partial charge in [-0.25, -0.2) is 0 Å². The summed E-state index contributed by atoms with van der Waals surface area (Å²) in [5, 5.41) is 0. The van der Waals surface area contributed by atoms with Gasteiger partial charge in [0, 0.05) is 0 Å². The van der Waals surface area contributed by atoms with Crippen LogP contribution in [0.1, 0.15) is 26.2 Å². The van der Waals surface area contributed by atoms with Crippen molar-refractivity contribution >= 4 is 17.5 Å². The number of amides is 2. The molecule has 0 aromatic heterocycles. The van der Waals surface area contributed by atoms with Gasteiger partial charge in [0.1, 0.15) is 5.75 Å². The molecule has 1 aromatic carbocycles. The molecule has 4 unspecified atom stereocenters. The van der Waals surface area contributed by atoms with Gasteiger partial charge in [0.05, 0.1) is 24.1 Å². The summed E-state index contributed by atoms with van der Waals surface area (Å²) < 4.78 is 5.64. The normalized spacial score (nSPS) is 31.1. The van der Waals surface area contributed by atoms with Gasteiger partial charge < -0.3 is 4.74 Å². The number of anilines is 1. The van der Waals surface area contributed by atoms with E-state index in [2.05, 4.69) is 19.1 Å². The fourth-order valence-corrected chi connectivity index (χ4v) is 4.18. The number of hydrogen-bond acceptors (Lipinski definition) is 3. The Morgan fingerprint density at radius 2 is 1.65 bits per heavy atom. The van der Waals surface area contributed by atoms with Crippen LogP contribution in [0, 0.1) is 23.7 Å². The molecule has 2 aliphatic carbocycles. The first-order valence-corrected chi connectivity index (χ1v) is 8.49. The molecule has 1 aliphatic heterocycles. The Morgan fingerprint density at radius 3 is 2.22 bits per heavy atom. The number of benzene rings is 1. The molecule has 2 amide bonds. The van der Waals surface area contributed by atoms with Crippen LogP contribution < -0.4 is 9.64 Å². The Labute approximate surface area is 136 Å². The third-order valence-corrected chi connectivity index (χ3v) is 5.33. The minimum absolute atomic E-state index is 0.0310. The summed E-state index contributed by atoms with van der Waals surface area (Å²) in [4.78, 5) is 26.8. The maximum Gasteiger partial charge on any atom is 0.238 e. The van der Waals surface area contributed by atoms with Gasteiger partial charge in [0.2, 0.25) is 11.8 Å². The van der Waals surface area contributed by atoms with Crippen molar-refractivity contribution in [2.75, 3.05) is 11.5 Å². The molecule has 0 spiro atoms. The number of ether oxygens (including phenoxy) is 1. The molecule has 120 valence electrons. The Kier molecular flexibility index (Phi) is 3.47. The zero-order chi connectivity index (χ0) is 16.0.